The Hall–Kier alpha value is -2.20. The largest absolute Gasteiger partial charge is 0.320 e. The van der Waals surface area contributed by atoms with Gasteiger partial charge in [-0.05, 0) is 46.3 Å². The normalized spacial score (nSPS) is 11.6. The fraction of sp³-hybridized carbons (Fsp3) is 0.111. The van der Waals surface area contributed by atoms with Gasteiger partial charge in [0.1, 0.15) is 0 Å². The van der Waals surface area contributed by atoms with E-state index in [2.05, 4.69) is 26.3 Å². The van der Waals surface area contributed by atoms with E-state index in [4.69, 9.17) is 11.6 Å². The number of carbonyl (C=O) groups is 1. The highest BCUT2D eigenvalue weighted by Crippen LogP contribution is 2.25. The minimum atomic E-state index is -3.70. The number of rotatable bonds is 5. The summed E-state index contributed by atoms with van der Waals surface area (Å²) in [6.45, 7) is 0. The summed E-state index contributed by atoms with van der Waals surface area (Å²) in [5.74, 6) is -0.528. The van der Waals surface area contributed by atoms with Crippen LogP contribution in [-0.4, -0.2) is 42.5 Å². The molecule has 146 valence electrons. The van der Waals surface area contributed by atoms with Crippen LogP contribution in [-0.2, 0) is 10.0 Å². The van der Waals surface area contributed by atoms with E-state index in [1.807, 2.05) is 6.07 Å². The Balaban J connectivity index is 1.97. The van der Waals surface area contributed by atoms with Crippen molar-refractivity contribution in [2.45, 2.75) is 4.90 Å². The number of carbonyl (C=O) groups excluding carboxylic acids is 1. The van der Waals surface area contributed by atoms with Crippen LogP contribution in [0.2, 0.25) is 5.02 Å². The second-order valence-corrected chi connectivity index (χ2v) is 9.48. The molecule has 0 radical (unpaired) electrons. The molecule has 0 saturated heterocycles. The minimum absolute atomic E-state index is 0.0173. The molecule has 1 N–H and O–H groups in total. The Labute approximate surface area is 176 Å². The Morgan fingerprint density at radius 2 is 1.93 bits per heavy atom. The summed E-state index contributed by atoms with van der Waals surface area (Å²) in [7, 11) is -0.858. The van der Waals surface area contributed by atoms with E-state index >= 15 is 0 Å². The summed E-state index contributed by atoms with van der Waals surface area (Å²) in [6.07, 6.45) is 3.38. The van der Waals surface area contributed by atoms with Gasteiger partial charge in [0.25, 0.3) is 5.91 Å². The molecular weight excluding hydrogens is 468 g/mol. The number of sulfonamides is 1. The summed E-state index contributed by atoms with van der Waals surface area (Å²) >= 11 is 9.49. The molecular formula is C18H16BrClN4O3S. The van der Waals surface area contributed by atoms with Gasteiger partial charge < -0.3 is 5.32 Å². The molecule has 0 aliphatic heterocycles. The van der Waals surface area contributed by atoms with Crippen LogP contribution in [0.15, 0.2) is 64.2 Å². The molecule has 3 aromatic rings. The molecule has 2 aromatic carbocycles. The van der Waals surface area contributed by atoms with Crippen molar-refractivity contribution >= 4 is 49.1 Å². The zero-order chi connectivity index (χ0) is 20.5. The highest BCUT2D eigenvalue weighted by molar-refractivity contribution is 9.10. The summed E-state index contributed by atoms with van der Waals surface area (Å²) in [6, 6.07) is 11.1. The first kappa shape index (κ1) is 20.5. The van der Waals surface area contributed by atoms with Crippen molar-refractivity contribution in [2.24, 2.45) is 0 Å². The van der Waals surface area contributed by atoms with Gasteiger partial charge in [-0.2, -0.15) is 5.10 Å². The molecule has 7 nitrogen and oxygen atoms in total. The van der Waals surface area contributed by atoms with Gasteiger partial charge in [0.15, 0.2) is 0 Å². The number of anilines is 1. The monoisotopic (exact) mass is 482 g/mol. The smallest absolute Gasteiger partial charge is 0.257 e. The number of aromatic nitrogens is 2. The Morgan fingerprint density at radius 1 is 1.21 bits per heavy atom. The molecule has 0 fully saturated rings. The lowest BCUT2D eigenvalue weighted by Gasteiger charge is -2.14. The van der Waals surface area contributed by atoms with Gasteiger partial charge in [-0.1, -0.05) is 23.7 Å². The first-order valence-electron chi connectivity index (χ1n) is 8.03. The fourth-order valence-electron chi connectivity index (χ4n) is 2.45. The number of hydrogen-bond donors (Lipinski definition) is 1. The van der Waals surface area contributed by atoms with E-state index in [1.165, 1.54) is 32.3 Å². The summed E-state index contributed by atoms with van der Waals surface area (Å²) in [4.78, 5) is 12.8. The molecule has 0 saturated carbocycles. The van der Waals surface area contributed by atoms with E-state index < -0.39 is 15.9 Å². The lowest BCUT2D eigenvalue weighted by atomic mass is 10.2. The number of amides is 1. The zero-order valence-electron chi connectivity index (χ0n) is 14.9. The molecule has 0 unspecified atom stereocenters. The predicted molar refractivity (Wildman–Crippen MR) is 112 cm³/mol. The number of nitrogens with one attached hydrogen (secondary N) is 1. The molecule has 1 heterocycles. The van der Waals surface area contributed by atoms with Crippen molar-refractivity contribution in [3.63, 3.8) is 0 Å². The molecule has 3 rings (SSSR count). The van der Waals surface area contributed by atoms with Gasteiger partial charge in [-0.15, -0.1) is 0 Å². The van der Waals surface area contributed by atoms with Crippen molar-refractivity contribution in [1.82, 2.24) is 14.1 Å². The molecule has 10 heteroatoms. The van der Waals surface area contributed by atoms with Crippen LogP contribution < -0.4 is 5.32 Å². The van der Waals surface area contributed by atoms with Gasteiger partial charge in [-0.3, -0.25) is 4.79 Å². The molecule has 0 atom stereocenters. The number of halogens is 2. The summed E-state index contributed by atoms with van der Waals surface area (Å²) in [5.41, 5.74) is 1.20. The average Bonchev–Trinajstić information content (AvgIpc) is 3.08. The van der Waals surface area contributed by atoms with Gasteiger partial charge >= 0.3 is 0 Å². The fourth-order valence-corrected chi connectivity index (χ4v) is 3.87. The van der Waals surface area contributed by atoms with E-state index in [0.29, 0.717) is 11.4 Å². The lowest BCUT2D eigenvalue weighted by Crippen LogP contribution is -2.23. The molecule has 0 aliphatic rings. The van der Waals surface area contributed by atoms with E-state index in [1.54, 1.807) is 35.3 Å². The first-order chi connectivity index (χ1) is 13.2. The Bertz CT molecular complexity index is 1150. The molecule has 1 aromatic heterocycles. The quantitative estimate of drug-likeness (QED) is 0.598. The van der Waals surface area contributed by atoms with Crippen molar-refractivity contribution in [3.05, 3.63) is 69.9 Å². The molecule has 28 heavy (non-hydrogen) atoms. The predicted octanol–water partition coefficient (Wildman–Crippen LogP) is 3.79. The van der Waals surface area contributed by atoms with Crippen molar-refractivity contribution in [1.29, 1.82) is 0 Å². The molecule has 0 spiro atoms. The lowest BCUT2D eigenvalue weighted by molar-refractivity contribution is 0.102. The van der Waals surface area contributed by atoms with Gasteiger partial charge in [0, 0.05) is 20.3 Å². The number of nitrogens with zero attached hydrogens (tertiary/aromatic N) is 3. The minimum Gasteiger partial charge on any atom is -0.320 e. The topological polar surface area (TPSA) is 84.3 Å². The van der Waals surface area contributed by atoms with Crippen molar-refractivity contribution < 1.29 is 13.2 Å². The SMILES string of the molecule is CN(C)S(=O)(=O)c1ccc(Cl)c(C(=O)Nc2ccccc2-n2cc(Br)cn2)c1. The average molecular weight is 484 g/mol. The van der Waals surface area contributed by atoms with Crippen LogP contribution in [0.25, 0.3) is 5.69 Å². The number of hydrogen-bond acceptors (Lipinski definition) is 4. The highest BCUT2D eigenvalue weighted by Gasteiger charge is 2.21. The van der Waals surface area contributed by atoms with Gasteiger partial charge in [0.05, 0.1) is 37.5 Å². The number of benzene rings is 2. The number of para-hydroxylation sites is 2. The second kappa shape index (κ2) is 8.04. The van der Waals surface area contributed by atoms with Crippen molar-refractivity contribution in [3.8, 4) is 5.69 Å². The zero-order valence-corrected chi connectivity index (χ0v) is 18.1. The van der Waals surface area contributed by atoms with E-state index in [9.17, 15) is 13.2 Å². The highest BCUT2D eigenvalue weighted by atomic mass is 79.9. The van der Waals surface area contributed by atoms with Crippen LogP contribution in [0.5, 0.6) is 0 Å². The first-order valence-corrected chi connectivity index (χ1v) is 10.6. The Kier molecular flexibility index (Phi) is 5.90. The summed E-state index contributed by atoms with van der Waals surface area (Å²) in [5, 5.41) is 7.14. The third-order valence-corrected chi connectivity index (χ3v) is 6.46. The van der Waals surface area contributed by atoms with Crippen LogP contribution in [0.3, 0.4) is 0 Å². The molecule has 0 bridgehead atoms. The van der Waals surface area contributed by atoms with Gasteiger partial charge in [-0.25, -0.2) is 17.4 Å². The van der Waals surface area contributed by atoms with Crippen LogP contribution in [0.1, 0.15) is 10.4 Å². The van der Waals surface area contributed by atoms with E-state index in [0.717, 1.165) is 8.78 Å². The van der Waals surface area contributed by atoms with Crippen LogP contribution in [0, 0.1) is 0 Å². The maximum absolute atomic E-state index is 12.8. The third kappa shape index (κ3) is 4.12. The van der Waals surface area contributed by atoms with Crippen LogP contribution in [0.4, 0.5) is 5.69 Å². The second-order valence-electron chi connectivity index (χ2n) is 6.00. The Morgan fingerprint density at radius 3 is 2.57 bits per heavy atom. The standard InChI is InChI=1S/C18H16BrClN4O3S/c1-23(2)28(26,27)13-7-8-15(20)14(9-13)18(25)22-16-5-3-4-6-17(16)24-11-12(19)10-21-24/h3-11H,1-2H3,(H,22,25). The molecule has 1 amide bonds. The molecule has 0 aliphatic carbocycles. The van der Waals surface area contributed by atoms with Gasteiger partial charge in [0.2, 0.25) is 10.0 Å². The van der Waals surface area contributed by atoms with E-state index in [-0.39, 0.29) is 15.5 Å². The van der Waals surface area contributed by atoms with Crippen molar-refractivity contribution in [2.75, 3.05) is 19.4 Å². The summed E-state index contributed by atoms with van der Waals surface area (Å²) < 4.78 is 28.2. The third-order valence-electron chi connectivity index (χ3n) is 3.91. The maximum atomic E-state index is 12.8. The maximum Gasteiger partial charge on any atom is 0.257 e. The van der Waals surface area contributed by atoms with Crippen LogP contribution >= 0.6 is 27.5 Å².